The lowest BCUT2D eigenvalue weighted by Crippen LogP contribution is -2.31. The van der Waals surface area contributed by atoms with E-state index in [1.165, 1.54) is 6.07 Å². The molecule has 1 saturated heterocycles. The quantitative estimate of drug-likeness (QED) is 0.817. The van der Waals surface area contributed by atoms with E-state index in [2.05, 4.69) is 12.2 Å². The molecule has 0 saturated carbocycles. The van der Waals surface area contributed by atoms with E-state index in [9.17, 15) is 4.39 Å². The van der Waals surface area contributed by atoms with Crippen LogP contribution in [0.15, 0.2) is 12.1 Å². The standard InChI is InChI=1S/C16H25FN2O2/c1-10(2)21-16-9-15(14(18)8-13(16)17)19-11(3)12-4-6-20-7-5-12/h8-12,19H,4-7,18H2,1-3H3. The molecule has 2 rings (SSSR count). The molecule has 0 radical (unpaired) electrons. The Morgan fingerprint density at radius 1 is 1.29 bits per heavy atom. The molecule has 0 aliphatic carbocycles. The van der Waals surface area contributed by atoms with Crippen molar-refractivity contribution >= 4 is 11.4 Å². The summed E-state index contributed by atoms with van der Waals surface area (Å²) >= 11 is 0. The number of anilines is 2. The highest BCUT2D eigenvalue weighted by molar-refractivity contribution is 5.69. The Morgan fingerprint density at radius 3 is 2.57 bits per heavy atom. The normalized spacial score (nSPS) is 17.8. The third-order valence-electron chi connectivity index (χ3n) is 3.82. The van der Waals surface area contributed by atoms with Crippen LogP contribution in [0.4, 0.5) is 15.8 Å². The van der Waals surface area contributed by atoms with Crippen LogP contribution >= 0.6 is 0 Å². The lowest BCUT2D eigenvalue weighted by molar-refractivity contribution is 0.0622. The van der Waals surface area contributed by atoms with Crippen molar-refractivity contribution in [3.05, 3.63) is 17.9 Å². The van der Waals surface area contributed by atoms with Crippen LogP contribution in [-0.2, 0) is 4.74 Å². The zero-order valence-corrected chi connectivity index (χ0v) is 13.0. The first kappa shape index (κ1) is 15.9. The van der Waals surface area contributed by atoms with Crippen molar-refractivity contribution in [3.63, 3.8) is 0 Å². The number of hydrogen-bond donors (Lipinski definition) is 2. The summed E-state index contributed by atoms with van der Waals surface area (Å²) < 4.78 is 24.7. The zero-order valence-electron chi connectivity index (χ0n) is 13.0. The van der Waals surface area contributed by atoms with E-state index in [1.807, 2.05) is 13.8 Å². The van der Waals surface area contributed by atoms with E-state index in [0.717, 1.165) is 31.7 Å². The maximum absolute atomic E-state index is 13.8. The van der Waals surface area contributed by atoms with Crippen molar-refractivity contribution in [1.82, 2.24) is 0 Å². The van der Waals surface area contributed by atoms with Gasteiger partial charge in [0, 0.05) is 31.4 Å². The van der Waals surface area contributed by atoms with Gasteiger partial charge in [0.2, 0.25) is 0 Å². The number of ether oxygens (including phenoxy) is 2. The maximum Gasteiger partial charge on any atom is 0.167 e. The smallest absolute Gasteiger partial charge is 0.167 e. The van der Waals surface area contributed by atoms with Gasteiger partial charge in [-0.1, -0.05) is 0 Å². The van der Waals surface area contributed by atoms with Crippen molar-refractivity contribution in [3.8, 4) is 5.75 Å². The van der Waals surface area contributed by atoms with E-state index in [4.69, 9.17) is 15.2 Å². The van der Waals surface area contributed by atoms with Crippen molar-refractivity contribution in [1.29, 1.82) is 0 Å². The summed E-state index contributed by atoms with van der Waals surface area (Å²) in [5.41, 5.74) is 7.05. The monoisotopic (exact) mass is 296 g/mol. The molecular formula is C16H25FN2O2. The minimum atomic E-state index is -0.425. The fraction of sp³-hybridized carbons (Fsp3) is 0.625. The molecular weight excluding hydrogens is 271 g/mol. The summed E-state index contributed by atoms with van der Waals surface area (Å²) in [6, 6.07) is 3.23. The minimum absolute atomic E-state index is 0.0797. The summed E-state index contributed by atoms with van der Waals surface area (Å²) in [7, 11) is 0. The summed E-state index contributed by atoms with van der Waals surface area (Å²) in [5.74, 6) is 0.351. The van der Waals surface area contributed by atoms with Crippen LogP contribution in [0, 0.1) is 11.7 Å². The molecule has 0 spiro atoms. The van der Waals surface area contributed by atoms with Crippen LogP contribution in [0.2, 0.25) is 0 Å². The summed E-state index contributed by atoms with van der Waals surface area (Å²) in [6.07, 6.45) is 1.98. The van der Waals surface area contributed by atoms with Crippen LogP contribution in [0.25, 0.3) is 0 Å². The highest BCUT2D eigenvalue weighted by Gasteiger charge is 2.21. The van der Waals surface area contributed by atoms with E-state index in [0.29, 0.717) is 11.6 Å². The van der Waals surface area contributed by atoms with Crippen LogP contribution in [0.1, 0.15) is 33.6 Å². The van der Waals surface area contributed by atoms with Gasteiger partial charge < -0.3 is 20.5 Å². The minimum Gasteiger partial charge on any atom is -0.488 e. The molecule has 1 atom stereocenters. The Bertz CT molecular complexity index is 474. The highest BCUT2D eigenvalue weighted by atomic mass is 19.1. The predicted octanol–water partition coefficient (Wildman–Crippen LogP) is 3.42. The second kappa shape index (κ2) is 6.98. The second-order valence-corrected chi connectivity index (χ2v) is 5.92. The largest absolute Gasteiger partial charge is 0.488 e. The molecule has 118 valence electrons. The number of rotatable bonds is 5. The highest BCUT2D eigenvalue weighted by Crippen LogP contribution is 2.31. The van der Waals surface area contributed by atoms with E-state index < -0.39 is 5.82 Å². The molecule has 5 heteroatoms. The Labute approximate surface area is 125 Å². The third-order valence-corrected chi connectivity index (χ3v) is 3.82. The van der Waals surface area contributed by atoms with Crippen LogP contribution in [0.3, 0.4) is 0 Å². The molecule has 1 aliphatic heterocycles. The average molecular weight is 296 g/mol. The predicted molar refractivity (Wildman–Crippen MR) is 83.2 cm³/mol. The third kappa shape index (κ3) is 4.24. The second-order valence-electron chi connectivity index (χ2n) is 5.92. The lowest BCUT2D eigenvalue weighted by Gasteiger charge is -2.29. The van der Waals surface area contributed by atoms with Crippen molar-refractivity contribution < 1.29 is 13.9 Å². The molecule has 0 aromatic heterocycles. The number of nitrogens with one attached hydrogen (secondary N) is 1. The molecule has 1 aromatic carbocycles. The van der Waals surface area contributed by atoms with Crippen LogP contribution in [-0.4, -0.2) is 25.4 Å². The fourth-order valence-corrected chi connectivity index (χ4v) is 2.62. The maximum atomic E-state index is 13.8. The van der Waals surface area contributed by atoms with Crippen molar-refractivity contribution in [2.45, 2.75) is 45.8 Å². The molecule has 1 aromatic rings. The molecule has 3 N–H and O–H groups in total. The molecule has 0 bridgehead atoms. The van der Waals surface area contributed by atoms with Crippen LogP contribution in [0.5, 0.6) is 5.75 Å². The van der Waals surface area contributed by atoms with Gasteiger partial charge in [-0.25, -0.2) is 4.39 Å². The summed E-state index contributed by atoms with van der Waals surface area (Å²) in [4.78, 5) is 0. The Kier molecular flexibility index (Phi) is 5.28. The molecule has 1 fully saturated rings. The first-order chi connectivity index (χ1) is 9.97. The van der Waals surface area contributed by atoms with Crippen molar-refractivity contribution in [2.24, 2.45) is 5.92 Å². The molecule has 0 amide bonds. The Hall–Kier alpha value is -1.49. The Balaban J connectivity index is 2.10. The first-order valence-corrected chi connectivity index (χ1v) is 7.57. The van der Waals surface area contributed by atoms with Gasteiger partial charge >= 0.3 is 0 Å². The number of halogens is 1. The van der Waals surface area contributed by atoms with Gasteiger partial charge in [-0.15, -0.1) is 0 Å². The summed E-state index contributed by atoms with van der Waals surface area (Å²) in [6.45, 7) is 7.47. The summed E-state index contributed by atoms with van der Waals surface area (Å²) in [5, 5.41) is 3.39. The van der Waals surface area contributed by atoms with Gasteiger partial charge in [-0.2, -0.15) is 0 Å². The molecule has 1 unspecified atom stereocenters. The van der Waals surface area contributed by atoms with E-state index >= 15 is 0 Å². The number of hydrogen-bond acceptors (Lipinski definition) is 4. The number of nitrogens with two attached hydrogens (primary N) is 1. The van der Waals surface area contributed by atoms with Crippen LogP contribution < -0.4 is 15.8 Å². The number of benzene rings is 1. The van der Waals surface area contributed by atoms with E-state index in [-0.39, 0.29) is 17.9 Å². The van der Waals surface area contributed by atoms with Gasteiger partial charge in [-0.05, 0) is 39.5 Å². The molecule has 4 nitrogen and oxygen atoms in total. The fourth-order valence-electron chi connectivity index (χ4n) is 2.62. The van der Waals surface area contributed by atoms with Gasteiger partial charge in [0.05, 0.1) is 17.5 Å². The van der Waals surface area contributed by atoms with Crippen molar-refractivity contribution in [2.75, 3.05) is 24.3 Å². The topological polar surface area (TPSA) is 56.5 Å². The van der Waals surface area contributed by atoms with Gasteiger partial charge in [0.1, 0.15) is 0 Å². The lowest BCUT2D eigenvalue weighted by atomic mass is 9.92. The number of nitrogen functional groups attached to an aromatic ring is 1. The van der Waals surface area contributed by atoms with Gasteiger partial charge in [0.15, 0.2) is 11.6 Å². The average Bonchev–Trinajstić information content (AvgIpc) is 2.44. The molecule has 21 heavy (non-hydrogen) atoms. The van der Waals surface area contributed by atoms with E-state index in [1.54, 1.807) is 6.07 Å². The SMILES string of the molecule is CC(C)Oc1cc(NC(C)C2CCOCC2)c(N)cc1F. The molecule has 1 heterocycles. The Morgan fingerprint density at radius 2 is 1.95 bits per heavy atom. The first-order valence-electron chi connectivity index (χ1n) is 7.57. The zero-order chi connectivity index (χ0) is 15.4. The molecule has 1 aliphatic rings. The van der Waals surface area contributed by atoms with Gasteiger partial charge in [0.25, 0.3) is 0 Å². The van der Waals surface area contributed by atoms with Gasteiger partial charge in [-0.3, -0.25) is 0 Å².